The lowest BCUT2D eigenvalue weighted by Crippen LogP contribution is -2.36. The van der Waals surface area contributed by atoms with Crippen molar-refractivity contribution in [3.63, 3.8) is 0 Å². The fourth-order valence-corrected chi connectivity index (χ4v) is 1.86. The molecule has 0 unspecified atom stereocenters. The summed E-state index contributed by atoms with van der Waals surface area (Å²) < 4.78 is 84.9. The second-order valence-electron chi connectivity index (χ2n) is 4.20. The summed E-state index contributed by atoms with van der Waals surface area (Å²) in [6.07, 6.45) is 0. The van der Waals surface area contributed by atoms with Gasteiger partial charge in [-0.15, -0.1) is 0 Å². The van der Waals surface area contributed by atoms with E-state index in [0.717, 1.165) is 7.11 Å². The molecule has 0 N–H and O–H groups in total. The molecular formula is C13H7BF6O. The van der Waals surface area contributed by atoms with Gasteiger partial charge in [-0.05, 0) is 17.0 Å². The Bertz CT molecular complexity index is 704. The van der Waals surface area contributed by atoms with Crippen molar-refractivity contribution in [1.29, 1.82) is 0 Å². The highest BCUT2D eigenvalue weighted by Gasteiger charge is 2.23. The van der Waals surface area contributed by atoms with Gasteiger partial charge in [-0.25, -0.2) is 26.3 Å². The molecule has 0 fully saturated rings. The molecule has 0 aliphatic rings. The predicted octanol–water partition coefficient (Wildman–Crippen LogP) is 1.92. The molecule has 0 amide bonds. The Kier molecular flexibility index (Phi) is 4.15. The van der Waals surface area contributed by atoms with Gasteiger partial charge in [-0.1, -0.05) is 0 Å². The number of methoxy groups -OCH3 is 1. The van der Waals surface area contributed by atoms with Gasteiger partial charge < -0.3 is 4.74 Å². The van der Waals surface area contributed by atoms with Gasteiger partial charge in [0.15, 0.2) is 34.8 Å². The van der Waals surface area contributed by atoms with Gasteiger partial charge in [0.25, 0.3) is 0 Å². The van der Waals surface area contributed by atoms with Crippen molar-refractivity contribution in [1.82, 2.24) is 0 Å². The molecule has 0 aliphatic carbocycles. The standard InChI is InChI=1S/C13H7BF6O/c1-21-9-4-8(17)12(19)10(13(9)20)14-6-2-5(15)3-7(16)11(6)18/h2-4,14H,1H3. The first-order valence-corrected chi connectivity index (χ1v) is 5.69. The molecule has 0 saturated carbocycles. The maximum atomic E-state index is 13.9. The number of ether oxygens (including phenoxy) is 1. The van der Waals surface area contributed by atoms with Crippen LogP contribution in [0.3, 0.4) is 0 Å². The molecule has 110 valence electrons. The molecule has 0 atom stereocenters. The van der Waals surface area contributed by atoms with Crippen LogP contribution in [-0.4, -0.2) is 14.4 Å². The van der Waals surface area contributed by atoms with E-state index in [4.69, 9.17) is 0 Å². The first kappa shape index (κ1) is 15.3. The average molecular weight is 304 g/mol. The summed E-state index contributed by atoms with van der Waals surface area (Å²) in [6.45, 7) is 0. The summed E-state index contributed by atoms with van der Waals surface area (Å²) in [6, 6.07) is 1.35. The van der Waals surface area contributed by atoms with Crippen LogP contribution in [0.5, 0.6) is 5.75 Å². The summed E-state index contributed by atoms with van der Waals surface area (Å²) in [7, 11) is 0.161. The van der Waals surface area contributed by atoms with Crippen molar-refractivity contribution >= 4 is 18.2 Å². The van der Waals surface area contributed by atoms with Crippen molar-refractivity contribution < 1.29 is 31.1 Å². The second kappa shape index (κ2) is 5.71. The van der Waals surface area contributed by atoms with Crippen LogP contribution in [0.15, 0.2) is 18.2 Å². The molecule has 2 rings (SSSR count). The lowest BCUT2D eigenvalue weighted by molar-refractivity contribution is 0.379. The maximum absolute atomic E-state index is 13.9. The Balaban J connectivity index is 2.57. The Labute approximate surface area is 116 Å². The summed E-state index contributed by atoms with van der Waals surface area (Å²) in [5.74, 6) is -8.93. The summed E-state index contributed by atoms with van der Waals surface area (Å²) in [5.41, 5.74) is -1.52. The topological polar surface area (TPSA) is 9.23 Å². The predicted molar refractivity (Wildman–Crippen MR) is 65.6 cm³/mol. The Morgan fingerprint density at radius 1 is 0.810 bits per heavy atom. The van der Waals surface area contributed by atoms with E-state index < -0.39 is 58.9 Å². The third-order valence-corrected chi connectivity index (χ3v) is 2.87. The normalized spacial score (nSPS) is 10.6. The van der Waals surface area contributed by atoms with Gasteiger partial charge in [0.2, 0.25) is 7.28 Å². The van der Waals surface area contributed by atoms with Crippen molar-refractivity contribution in [2.45, 2.75) is 0 Å². The van der Waals surface area contributed by atoms with E-state index in [2.05, 4.69) is 4.74 Å². The van der Waals surface area contributed by atoms with E-state index in [1.165, 1.54) is 0 Å². The van der Waals surface area contributed by atoms with Crippen LogP contribution >= 0.6 is 0 Å². The quantitative estimate of drug-likeness (QED) is 0.478. The van der Waals surface area contributed by atoms with Gasteiger partial charge in [-0.3, -0.25) is 0 Å². The molecule has 21 heavy (non-hydrogen) atoms. The van der Waals surface area contributed by atoms with Crippen LogP contribution in [0.25, 0.3) is 0 Å². The molecular weight excluding hydrogens is 297 g/mol. The number of rotatable bonds is 3. The minimum absolute atomic E-state index is 0.289. The molecule has 2 aromatic rings. The van der Waals surface area contributed by atoms with Gasteiger partial charge in [0.1, 0.15) is 5.82 Å². The maximum Gasteiger partial charge on any atom is 0.204 e. The largest absolute Gasteiger partial charge is 0.494 e. The van der Waals surface area contributed by atoms with Crippen LogP contribution in [0.2, 0.25) is 0 Å². The summed E-state index contributed by atoms with van der Waals surface area (Å²) in [4.78, 5) is 0. The molecule has 0 bridgehead atoms. The highest BCUT2D eigenvalue weighted by atomic mass is 19.2. The molecule has 8 heteroatoms. The second-order valence-corrected chi connectivity index (χ2v) is 4.20. The van der Waals surface area contributed by atoms with Crippen molar-refractivity contribution in [3.05, 3.63) is 53.1 Å². The van der Waals surface area contributed by atoms with E-state index >= 15 is 0 Å². The zero-order valence-corrected chi connectivity index (χ0v) is 10.6. The van der Waals surface area contributed by atoms with Crippen LogP contribution in [-0.2, 0) is 0 Å². The number of hydrogen-bond donors (Lipinski definition) is 0. The van der Waals surface area contributed by atoms with Gasteiger partial charge in [0.05, 0.1) is 7.11 Å². The van der Waals surface area contributed by atoms with E-state index in [1.54, 1.807) is 0 Å². The fourth-order valence-electron chi connectivity index (χ4n) is 1.86. The first-order chi connectivity index (χ1) is 9.85. The van der Waals surface area contributed by atoms with Crippen LogP contribution in [0.4, 0.5) is 26.3 Å². The van der Waals surface area contributed by atoms with E-state index in [9.17, 15) is 26.3 Å². The SMILES string of the molecule is COc1cc(F)c(F)c(Bc2cc(F)cc(F)c2F)c1F. The highest BCUT2D eigenvalue weighted by Crippen LogP contribution is 2.18. The molecule has 0 spiro atoms. The minimum Gasteiger partial charge on any atom is -0.494 e. The van der Waals surface area contributed by atoms with E-state index in [0.29, 0.717) is 12.1 Å². The van der Waals surface area contributed by atoms with Gasteiger partial charge in [0, 0.05) is 12.1 Å². The first-order valence-electron chi connectivity index (χ1n) is 5.69. The van der Waals surface area contributed by atoms with Crippen LogP contribution in [0.1, 0.15) is 0 Å². The van der Waals surface area contributed by atoms with Crippen LogP contribution < -0.4 is 15.7 Å². The van der Waals surface area contributed by atoms with Crippen molar-refractivity contribution in [3.8, 4) is 5.75 Å². The fraction of sp³-hybridized carbons (Fsp3) is 0.0769. The lowest BCUT2D eigenvalue weighted by Gasteiger charge is -2.10. The van der Waals surface area contributed by atoms with Gasteiger partial charge >= 0.3 is 0 Å². The highest BCUT2D eigenvalue weighted by molar-refractivity contribution is 6.67. The van der Waals surface area contributed by atoms with E-state index in [1.807, 2.05) is 0 Å². The zero-order chi connectivity index (χ0) is 15.7. The number of hydrogen-bond acceptors (Lipinski definition) is 1. The average Bonchev–Trinajstić information content (AvgIpc) is 2.43. The molecule has 1 nitrogen and oxygen atoms in total. The van der Waals surface area contributed by atoms with Gasteiger partial charge in [-0.2, -0.15) is 0 Å². The molecule has 0 radical (unpaired) electrons. The molecule has 2 aromatic carbocycles. The van der Waals surface area contributed by atoms with Crippen molar-refractivity contribution in [2.75, 3.05) is 7.11 Å². The molecule has 0 aliphatic heterocycles. The van der Waals surface area contributed by atoms with E-state index in [-0.39, 0.29) is 6.07 Å². The third kappa shape index (κ3) is 2.84. The molecule has 0 saturated heterocycles. The Hall–Kier alpha value is -2.12. The summed E-state index contributed by atoms with van der Waals surface area (Å²) in [5, 5.41) is 0. The number of benzene rings is 2. The molecule has 0 heterocycles. The van der Waals surface area contributed by atoms with Crippen LogP contribution in [0, 0.1) is 34.9 Å². The smallest absolute Gasteiger partial charge is 0.204 e. The third-order valence-electron chi connectivity index (χ3n) is 2.87. The zero-order valence-electron chi connectivity index (χ0n) is 10.6. The number of halogens is 6. The monoisotopic (exact) mass is 304 g/mol. The van der Waals surface area contributed by atoms with Crippen molar-refractivity contribution in [2.24, 2.45) is 0 Å². The molecule has 0 aromatic heterocycles. The Morgan fingerprint density at radius 3 is 2.05 bits per heavy atom. The lowest BCUT2D eigenvalue weighted by atomic mass is 9.63. The Morgan fingerprint density at radius 2 is 1.43 bits per heavy atom. The minimum atomic E-state index is -1.57. The summed E-state index contributed by atoms with van der Waals surface area (Å²) >= 11 is 0.